The first kappa shape index (κ1) is 31.9. The minimum atomic E-state index is 0.135. The Morgan fingerprint density at radius 3 is 1.20 bits per heavy atom. The zero-order valence-corrected chi connectivity index (χ0v) is 27.2. The molecule has 4 heterocycles. The molecule has 0 spiro atoms. The average Bonchev–Trinajstić information content (AvgIpc) is 3.13. The molecule has 0 fully saturated rings. The lowest BCUT2D eigenvalue weighted by Gasteiger charge is -2.23. The van der Waals surface area contributed by atoms with Crippen molar-refractivity contribution in [2.45, 2.75) is 19.8 Å². The van der Waals surface area contributed by atoms with Gasteiger partial charge in [-0.05, 0) is 79.2 Å². The van der Waals surface area contributed by atoms with E-state index in [-0.39, 0.29) is 23.0 Å². The molecule has 5 N–H and O–H groups in total. The van der Waals surface area contributed by atoms with E-state index in [0.717, 1.165) is 52.6 Å². The van der Waals surface area contributed by atoms with Crippen LogP contribution in [0.1, 0.15) is 19.8 Å². The lowest BCUT2D eigenvalue weighted by Crippen LogP contribution is -2.20. The van der Waals surface area contributed by atoms with Crippen molar-refractivity contribution in [1.29, 1.82) is 0 Å². The Labute approximate surface area is 287 Å². The van der Waals surface area contributed by atoms with Gasteiger partial charge in [0.1, 0.15) is 68.3 Å². The summed E-state index contributed by atoms with van der Waals surface area (Å²) < 4.78 is 0. The first-order valence-corrected chi connectivity index (χ1v) is 16.3. The van der Waals surface area contributed by atoms with Gasteiger partial charge in [-0.15, -0.1) is 0 Å². The number of hydrogen-bond donors (Lipinski definition) is 5. The number of benzene rings is 4. The zero-order chi connectivity index (χ0) is 34.6. The number of phenols is 4. The zero-order valence-electron chi connectivity index (χ0n) is 27.2. The smallest absolute Gasteiger partial charge is 0.141 e. The number of aromatic hydroxyl groups is 4. The molecule has 0 unspecified atom stereocenters. The summed E-state index contributed by atoms with van der Waals surface area (Å²) in [4.78, 5) is 20.2. The van der Waals surface area contributed by atoms with Gasteiger partial charge < -0.3 is 30.6 Å². The van der Waals surface area contributed by atoms with Crippen LogP contribution in [0.3, 0.4) is 0 Å². The van der Waals surface area contributed by atoms with Gasteiger partial charge in [-0.3, -0.25) is 0 Å². The Balaban J connectivity index is 0.000000159. The van der Waals surface area contributed by atoms with Crippen molar-refractivity contribution in [3.63, 3.8) is 0 Å². The normalized spacial score (nSPS) is 11.1. The number of anilines is 4. The maximum Gasteiger partial charge on any atom is 0.141 e. The van der Waals surface area contributed by atoms with Gasteiger partial charge in [-0.2, -0.15) is 0 Å². The van der Waals surface area contributed by atoms with Gasteiger partial charge in [0, 0.05) is 28.1 Å². The molecule has 0 saturated carbocycles. The van der Waals surface area contributed by atoms with E-state index >= 15 is 0 Å². The van der Waals surface area contributed by atoms with Gasteiger partial charge in [0.15, 0.2) is 0 Å². The van der Waals surface area contributed by atoms with E-state index in [0.29, 0.717) is 33.7 Å². The topological polar surface area (TPSA) is 148 Å². The van der Waals surface area contributed by atoms with Crippen LogP contribution in [0.2, 0.25) is 0 Å². The molecule has 4 aromatic heterocycles. The van der Waals surface area contributed by atoms with Crippen LogP contribution in [0, 0.1) is 0 Å². The van der Waals surface area contributed by atoms with E-state index in [1.807, 2.05) is 89.8 Å². The van der Waals surface area contributed by atoms with Crippen molar-refractivity contribution >= 4 is 66.9 Å². The highest BCUT2D eigenvalue weighted by Gasteiger charge is 2.15. The largest absolute Gasteiger partial charge is 0.506 e. The Bertz CT molecular complexity index is 2320. The van der Waals surface area contributed by atoms with Crippen LogP contribution >= 0.6 is 0 Å². The van der Waals surface area contributed by atoms with Crippen LogP contribution in [0.5, 0.6) is 23.0 Å². The van der Waals surface area contributed by atoms with Gasteiger partial charge in [0.05, 0.1) is 0 Å². The molecule has 10 nitrogen and oxygen atoms in total. The predicted octanol–water partition coefficient (Wildman–Crippen LogP) is 9.07. The Hall–Kier alpha value is -6.68. The summed E-state index contributed by atoms with van der Waals surface area (Å²) in [6.07, 6.45) is 2.01. The molecule has 0 amide bonds. The SMILES string of the molecule is CCCCN(c1ccc2cccc(O)c2n1)c1ccc2cccc(O)c2n1.Oc1cccc2ccc(Nc3ccc4cccc(O)c4n3)nc12. The second kappa shape index (κ2) is 13.8. The fraction of sp³-hybridized carbons (Fsp3) is 0.100. The van der Waals surface area contributed by atoms with Crippen LogP contribution in [-0.4, -0.2) is 46.9 Å². The minimum absolute atomic E-state index is 0.135. The van der Waals surface area contributed by atoms with E-state index in [9.17, 15) is 20.4 Å². The third-order valence-corrected chi connectivity index (χ3v) is 8.31. The molecule has 50 heavy (non-hydrogen) atoms. The molecule has 0 aliphatic rings. The predicted molar refractivity (Wildman–Crippen MR) is 199 cm³/mol. The van der Waals surface area contributed by atoms with E-state index in [2.05, 4.69) is 32.2 Å². The number of unbranched alkanes of at least 4 members (excludes halogenated alkanes) is 1. The number of phenolic OH excluding ortho intramolecular Hbond substituents is 4. The molecule has 0 radical (unpaired) electrons. The number of pyridine rings is 4. The molecule has 0 bridgehead atoms. The third-order valence-electron chi connectivity index (χ3n) is 8.31. The summed E-state index contributed by atoms with van der Waals surface area (Å²) in [5.74, 6) is 3.18. The summed E-state index contributed by atoms with van der Waals surface area (Å²) in [7, 11) is 0. The first-order valence-electron chi connectivity index (χ1n) is 16.3. The lowest BCUT2D eigenvalue weighted by molar-refractivity contribution is 0.480. The number of fused-ring (bicyclic) bond motifs is 4. The molecule has 0 saturated heterocycles. The molecule has 248 valence electrons. The molecule has 10 heteroatoms. The maximum absolute atomic E-state index is 10.2. The number of hydrogen-bond acceptors (Lipinski definition) is 10. The van der Waals surface area contributed by atoms with Crippen molar-refractivity contribution in [2.24, 2.45) is 0 Å². The highest BCUT2D eigenvalue weighted by Crippen LogP contribution is 2.32. The van der Waals surface area contributed by atoms with Crippen LogP contribution in [0.15, 0.2) is 121 Å². The number of para-hydroxylation sites is 4. The summed E-state index contributed by atoms with van der Waals surface area (Å²) in [5, 5.41) is 46.7. The minimum Gasteiger partial charge on any atom is -0.506 e. The van der Waals surface area contributed by atoms with E-state index in [4.69, 9.17) is 0 Å². The molecule has 0 aliphatic carbocycles. The summed E-state index contributed by atoms with van der Waals surface area (Å²) >= 11 is 0. The average molecular weight is 663 g/mol. The van der Waals surface area contributed by atoms with Crippen LogP contribution in [0.25, 0.3) is 43.6 Å². The Morgan fingerprint density at radius 1 is 0.460 bits per heavy atom. The lowest BCUT2D eigenvalue weighted by atomic mass is 10.2. The van der Waals surface area contributed by atoms with Gasteiger partial charge >= 0.3 is 0 Å². The number of nitrogens with zero attached hydrogens (tertiary/aromatic N) is 5. The van der Waals surface area contributed by atoms with Crippen molar-refractivity contribution in [3.05, 3.63) is 121 Å². The van der Waals surface area contributed by atoms with E-state index in [1.165, 1.54) is 0 Å². The molecule has 4 aromatic carbocycles. The molecular formula is C40H34N6O4. The van der Waals surface area contributed by atoms with Crippen molar-refractivity contribution in [2.75, 3.05) is 16.8 Å². The second-order valence-electron chi connectivity index (χ2n) is 11.8. The number of nitrogens with one attached hydrogen (secondary N) is 1. The van der Waals surface area contributed by atoms with E-state index in [1.54, 1.807) is 36.4 Å². The quantitative estimate of drug-likeness (QED) is 0.112. The molecule has 8 rings (SSSR count). The van der Waals surface area contributed by atoms with E-state index < -0.39 is 0 Å². The fourth-order valence-corrected chi connectivity index (χ4v) is 5.74. The second-order valence-corrected chi connectivity index (χ2v) is 11.8. The highest BCUT2D eigenvalue weighted by molar-refractivity contribution is 5.89. The van der Waals surface area contributed by atoms with Crippen molar-refractivity contribution in [1.82, 2.24) is 19.9 Å². The molecule has 0 aliphatic heterocycles. The van der Waals surface area contributed by atoms with Crippen LogP contribution < -0.4 is 10.2 Å². The summed E-state index contributed by atoms with van der Waals surface area (Å²) in [6, 6.07) is 36.5. The Morgan fingerprint density at radius 2 is 0.820 bits per heavy atom. The first-order chi connectivity index (χ1) is 24.4. The van der Waals surface area contributed by atoms with Crippen molar-refractivity contribution < 1.29 is 20.4 Å². The van der Waals surface area contributed by atoms with Gasteiger partial charge in [-0.25, -0.2) is 19.9 Å². The monoisotopic (exact) mass is 662 g/mol. The summed E-state index contributed by atoms with van der Waals surface area (Å²) in [6.45, 7) is 2.88. The number of rotatable bonds is 7. The number of aromatic nitrogens is 4. The molecule has 0 atom stereocenters. The molecule has 8 aromatic rings. The van der Waals surface area contributed by atoms with Gasteiger partial charge in [0.2, 0.25) is 0 Å². The van der Waals surface area contributed by atoms with Gasteiger partial charge in [0.25, 0.3) is 0 Å². The fourth-order valence-electron chi connectivity index (χ4n) is 5.74. The highest BCUT2D eigenvalue weighted by atomic mass is 16.3. The summed E-state index contributed by atoms with van der Waals surface area (Å²) in [5.41, 5.74) is 2.20. The van der Waals surface area contributed by atoms with Crippen LogP contribution in [0.4, 0.5) is 23.3 Å². The van der Waals surface area contributed by atoms with Crippen molar-refractivity contribution in [3.8, 4) is 23.0 Å². The third kappa shape index (κ3) is 6.54. The standard InChI is InChI=1S/C22H21N3O2.C18H13N3O2/c1-2-3-14-25(19-12-10-15-6-4-8-17(26)21(15)23-19)20-13-11-16-7-5-9-18(27)22(16)24-20;22-13-5-1-3-11-7-9-15(20-17(11)13)19-16-10-8-12-4-2-6-14(23)18(12)21-16/h4-13,26-27H,2-3,14H2,1H3;1-10,22-23H,(H,19,20,21). The molecular weight excluding hydrogens is 628 g/mol. The maximum atomic E-state index is 10.2. The van der Waals surface area contributed by atoms with Crippen LogP contribution in [-0.2, 0) is 0 Å². The Kier molecular flexibility index (Phi) is 8.81. The van der Waals surface area contributed by atoms with Gasteiger partial charge in [-0.1, -0.05) is 61.9 Å².